The lowest BCUT2D eigenvalue weighted by molar-refractivity contribution is -0.133. The van der Waals surface area contributed by atoms with Crippen LogP contribution in [-0.4, -0.2) is 31.6 Å². The van der Waals surface area contributed by atoms with Gasteiger partial charge in [-0.3, -0.25) is 20.4 Å². The molecule has 0 aliphatic carbocycles. The van der Waals surface area contributed by atoms with Gasteiger partial charge in [-0.2, -0.15) is 0 Å². The van der Waals surface area contributed by atoms with E-state index in [0.29, 0.717) is 17.2 Å². The van der Waals surface area contributed by atoms with Crippen molar-refractivity contribution in [2.24, 2.45) is 0 Å². The fourth-order valence-corrected chi connectivity index (χ4v) is 2.62. The molecule has 1 unspecified atom stereocenters. The molecule has 0 fully saturated rings. The first-order chi connectivity index (χ1) is 13.8. The van der Waals surface area contributed by atoms with Gasteiger partial charge in [0.1, 0.15) is 5.75 Å². The molecule has 1 atom stereocenters. The molecule has 2 amide bonds. The number of ether oxygens (including phenoxy) is 3. The molecule has 156 valence electrons. The van der Waals surface area contributed by atoms with E-state index in [1.807, 2.05) is 25.1 Å². The topological polar surface area (TPSA) is 85.9 Å². The maximum atomic E-state index is 12.2. The predicted molar refractivity (Wildman–Crippen MR) is 110 cm³/mol. The molecule has 0 saturated heterocycles. The minimum Gasteiger partial charge on any atom is -0.493 e. The quantitative estimate of drug-likeness (QED) is 0.665. The number of hydrogen-bond donors (Lipinski definition) is 2. The average Bonchev–Trinajstić information content (AvgIpc) is 2.70. The highest BCUT2D eigenvalue weighted by molar-refractivity contribution is 5.85. The van der Waals surface area contributed by atoms with Crippen LogP contribution in [0.3, 0.4) is 0 Å². The Bertz CT molecular complexity index is 851. The van der Waals surface area contributed by atoms with Crippen LogP contribution < -0.4 is 25.1 Å². The molecule has 0 aromatic heterocycles. The summed E-state index contributed by atoms with van der Waals surface area (Å²) in [5, 5.41) is 0. The Balaban J connectivity index is 1.84. The molecule has 0 radical (unpaired) electrons. The largest absolute Gasteiger partial charge is 0.493 e. The summed E-state index contributed by atoms with van der Waals surface area (Å²) >= 11 is 0. The van der Waals surface area contributed by atoms with Crippen molar-refractivity contribution >= 4 is 11.8 Å². The Morgan fingerprint density at radius 2 is 1.66 bits per heavy atom. The molecule has 0 spiro atoms. The number of nitrogens with one attached hydrogen (secondary N) is 2. The van der Waals surface area contributed by atoms with Gasteiger partial charge in [0.2, 0.25) is 0 Å². The van der Waals surface area contributed by atoms with Crippen LogP contribution >= 0.6 is 0 Å². The number of methoxy groups -OCH3 is 1. The predicted octanol–water partition coefficient (Wildman–Crippen LogP) is 3.12. The van der Waals surface area contributed by atoms with Gasteiger partial charge in [-0.25, -0.2) is 0 Å². The van der Waals surface area contributed by atoms with Crippen LogP contribution in [0.25, 0.3) is 0 Å². The summed E-state index contributed by atoms with van der Waals surface area (Å²) in [6.07, 6.45) is -0.836. The van der Waals surface area contributed by atoms with Crippen molar-refractivity contribution in [1.29, 1.82) is 0 Å². The van der Waals surface area contributed by atoms with Gasteiger partial charge in [0.05, 0.1) is 7.11 Å². The number of aryl methyl sites for hydroxylation is 1. The monoisotopic (exact) mass is 400 g/mol. The molecule has 0 bridgehead atoms. The highest BCUT2D eigenvalue weighted by Gasteiger charge is 2.17. The molecule has 0 heterocycles. The van der Waals surface area contributed by atoms with E-state index < -0.39 is 17.9 Å². The second-order valence-electron chi connectivity index (χ2n) is 6.93. The van der Waals surface area contributed by atoms with E-state index in [0.717, 1.165) is 11.1 Å². The third-order valence-electron chi connectivity index (χ3n) is 4.22. The summed E-state index contributed by atoms with van der Waals surface area (Å²) < 4.78 is 16.4. The van der Waals surface area contributed by atoms with Gasteiger partial charge in [-0.05, 0) is 49.1 Å². The van der Waals surface area contributed by atoms with Crippen molar-refractivity contribution in [3.05, 3.63) is 53.6 Å². The van der Waals surface area contributed by atoms with Crippen LogP contribution in [0, 0.1) is 6.92 Å². The first kappa shape index (κ1) is 22.1. The number of carbonyl (C=O) groups excluding carboxylic acids is 2. The Morgan fingerprint density at radius 1 is 0.966 bits per heavy atom. The smallest absolute Gasteiger partial charge is 0.279 e. The van der Waals surface area contributed by atoms with Crippen molar-refractivity contribution in [3.8, 4) is 17.2 Å². The van der Waals surface area contributed by atoms with Crippen LogP contribution in [0.4, 0.5) is 0 Å². The maximum Gasteiger partial charge on any atom is 0.279 e. The zero-order chi connectivity index (χ0) is 21.4. The Morgan fingerprint density at radius 3 is 2.31 bits per heavy atom. The van der Waals surface area contributed by atoms with E-state index in [1.54, 1.807) is 31.2 Å². The normalized spacial score (nSPS) is 11.5. The zero-order valence-corrected chi connectivity index (χ0v) is 17.4. The Labute approximate surface area is 171 Å². The van der Waals surface area contributed by atoms with E-state index in [4.69, 9.17) is 14.2 Å². The molecule has 2 N–H and O–H groups in total. The van der Waals surface area contributed by atoms with Crippen LogP contribution in [0.1, 0.15) is 37.8 Å². The van der Waals surface area contributed by atoms with Crippen LogP contribution in [0.5, 0.6) is 17.2 Å². The fraction of sp³-hybridized carbons (Fsp3) is 0.364. The van der Waals surface area contributed by atoms with Gasteiger partial charge < -0.3 is 14.2 Å². The molecular weight excluding hydrogens is 372 g/mol. The molecule has 7 nitrogen and oxygen atoms in total. The molecule has 0 aliphatic rings. The first-order valence-electron chi connectivity index (χ1n) is 9.43. The lowest BCUT2D eigenvalue weighted by Crippen LogP contribution is -2.48. The minimum atomic E-state index is -0.836. The summed E-state index contributed by atoms with van der Waals surface area (Å²) in [7, 11) is 1.52. The van der Waals surface area contributed by atoms with E-state index in [-0.39, 0.29) is 12.5 Å². The van der Waals surface area contributed by atoms with Gasteiger partial charge >= 0.3 is 0 Å². The molecule has 2 aromatic carbocycles. The SMILES string of the molecule is COc1ccccc1OC(C)C(=O)NNC(=O)COc1cc(C)ccc1C(C)C. The average molecular weight is 400 g/mol. The number of benzene rings is 2. The lowest BCUT2D eigenvalue weighted by Gasteiger charge is -2.17. The maximum absolute atomic E-state index is 12.2. The highest BCUT2D eigenvalue weighted by atomic mass is 16.5. The van der Waals surface area contributed by atoms with Crippen molar-refractivity contribution in [2.45, 2.75) is 39.7 Å². The molecule has 7 heteroatoms. The first-order valence-corrected chi connectivity index (χ1v) is 9.43. The lowest BCUT2D eigenvalue weighted by atomic mass is 10.0. The fourth-order valence-electron chi connectivity index (χ4n) is 2.62. The molecule has 0 aliphatic heterocycles. The molecule has 29 heavy (non-hydrogen) atoms. The summed E-state index contributed by atoms with van der Waals surface area (Å²) in [5.74, 6) is 0.911. The Hall–Kier alpha value is -3.22. The second-order valence-corrected chi connectivity index (χ2v) is 6.93. The van der Waals surface area contributed by atoms with Crippen molar-refractivity contribution in [1.82, 2.24) is 10.9 Å². The van der Waals surface area contributed by atoms with Gasteiger partial charge in [-0.1, -0.05) is 38.1 Å². The number of para-hydroxylation sites is 2. The van der Waals surface area contributed by atoms with Gasteiger partial charge in [0, 0.05) is 0 Å². The summed E-state index contributed by atoms with van der Waals surface area (Å²) in [6, 6.07) is 12.9. The molecular formula is C22H28N2O5. The third-order valence-corrected chi connectivity index (χ3v) is 4.22. The number of rotatable bonds is 8. The van der Waals surface area contributed by atoms with Crippen LogP contribution in [-0.2, 0) is 9.59 Å². The minimum absolute atomic E-state index is 0.217. The van der Waals surface area contributed by atoms with E-state index in [2.05, 4.69) is 24.7 Å². The number of hydrogen-bond acceptors (Lipinski definition) is 5. The third kappa shape index (κ3) is 6.41. The number of amides is 2. The Kier molecular flexibility index (Phi) is 7.88. The summed E-state index contributed by atoms with van der Waals surface area (Å²) in [5.41, 5.74) is 6.74. The second kappa shape index (κ2) is 10.4. The van der Waals surface area contributed by atoms with Crippen LogP contribution in [0.2, 0.25) is 0 Å². The highest BCUT2D eigenvalue weighted by Crippen LogP contribution is 2.28. The van der Waals surface area contributed by atoms with Crippen LogP contribution in [0.15, 0.2) is 42.5 Å². The van der Waals surface area contributed by atoms with Gasteiger partial charge in [0.25, 0.3) is 11.8 Å². The number of hydrazine groups is 1. The molecule has 2 aromatic rings. The van der Waals surface area contributed by atoms with E-state index in [1.165, 1.54) is 7.11 Å². The van der Waals surface area contributed by atoms with Crippen molar-refractivity contribution < 1.29 is 23.8 Å². The van der Waals surface area contributed by atoms with E-state index >= 15 is 0 Å². The molecule has 2 rings (SSSR count). The van der Waals surface area contributed by atoms with E-state index in [9.17, 15) is 9.59 Å². The summed E-state index contributed by atoms with van der Waals surface area (Å²) in [6.45, 7) is 7.43. The molecule has 0 saturated carbocycles. The van der Waals surface area contributed by atoms with Gasteiger partial charge in [-0.15, -0.1) is 0 Å². The van der Waals surface area contributed by atoms with Crippen molar-refractivity contribution in [2.75, 3.05) is 13.7 Å². The van der Waals surface area contributed by atoms with Crippen molar-refractivity contribution in [3.63, 3.8) is 0 Å². The standard InChI is InChI=1S/C22H28N2O5/c1-14(2)17-11-10-15(3)12-20(17)28-13-21(25)23-24-22(26)16(4)29-19-9-7-6-8-18(19)27-5/h6-12,14,16H,13H2,1-5H3,(H,23,25)(H,24,26). The summed E-state index contributed by atoms with van der Waals surface area (Å²) in [4.78, 5) is 24.2. The van der Waals surface area contributed by atoms with Gasteiger partial charge in [0.15, 0.2) is 24.2 Å². The number of carbonyl (C=O) groups is 2. The zero-order valence-electron chi connectivity index (χ0n) is 17.4.